The summed E-state index contributed by atoms with van der Waals surface area (Å²) in [4.78, 5) is 25.4. The number of carbonyl (C=O) groups is 1. The van der Waals surface area contributed by atoms with Gasteiger partial charge in [0.25, 0.3) is 0 Å². The number of rotatable bonds is 7. The summed E-state index contributed by atoms with van der Waals surface area (Å²) in [5.41, 5.74) is 2.60. The SMILES string of the molecule is Cc1ccc(CCC(=O)Cn2nc(-c3ccc(Cl)cc3)n(C3CC3)c2=O)cc1Cl. The lowest BCUT2D eigenvalue weighted by Gasteiger charge is -2.04. The molecule has 1 aliphatic rings. The van der Waals surface area contributed by atoms with Crippen LogP contribution in [0.25, 0.3) is 11.4 Å². The van der Waals surface area contributed by atoms with E-state index in [1.54, 1.807) is 16.7 Å². The van der Waals surface area contributed by atoms with Crippen molar-refractivity contribution >= 4 is 29.0 Å². The van der Waals surface area contributed by atoms with Crippen LogP contribution in [0.3, 0.4) is 0 Å². The van der Waals surface area contributed by atoms with Crippen LogP contribution in [0.4, 0.5) is 0 Å². The summed E-state index contributed by atoms with van der Waals surface area (Å²) in [5.74, 6) is 0.555. The molecule has 1 aromatic heterocycles. The molecule has 150 valence electrons. The van der Waals surface area contributed by atoms with Gasteiger partial charge < -0.3 is 0 Å². The monoisotopic (exact) mass is 429 g/mol. The quantitative estimate of drug-likeness (QED) is 0.538. The van der Waals surface area contributed by atoms with Crippen LogP contribution in [0.2, 0.25) is 10.0 Å². The van der Waals surface area contributed by atoms with Crippen molar-refractivity contribution in [2.45, 2.75) is 45.2 Å². The van der Waals surface area contributed by atoms with Gasteiger partial charge in [-0.05, 0) is 67.6 Å². The molecule has 4 rings (SSSR count). The normalized spacial score (nSPS) is 13.6. The van der Waals surface area contributed by atoms with Crippen molar-refractivity contribution in [3.8, 4) is 11.4 Å². The Kier molecular flexibility index (Phi) is 5.61. The topological polar surface area (TPSA) is 56.9 Å². The van der Waals surface area contributed by atoms with Crippen LogP contribution in [0.15, 0.2) is 47.3 Å². The van der Waals surface area contributed by atoms with Crippen LogP contribution in [0, 0.1) is 6.92 Å². The molecule has 0 unspecified atom stereocenters. The molecule has 0 N–H and O–H groups in total. The Labute approximate surface area is 178 Å². The molecule has 0 saturated heterocycles. The Morgan fingerprint density at radius 2 is 1.86 bits per heavy atom. The minimum atomic E-state index is -0.232. The minimum Gasteiger partial charge on any atom is -0.298 e. The summed E-state index contributed by atoms with van der Waals surface area (Å²) in [5, 5.41) is 5.79. The van der Waals surface area contributed by atoms with E-state index >= 15 is 0 Å². The Morgan fingerprint density at radius 1 is 1.14 bits per heavy atom. The Morgan fingerprint density at radius 3 is 2.52 bits per heavy atom. The van der Waals surface area contributed by atoms with E-state index in [2.05, 4.69) is 5.10 Å². The maximum atomic E-state index is 12.9. The molecule has 1 saturated carbocycles. The zero-order chi connectivity index (χ0) is 20.5. The lowest BCUT2D eigenvalue weighted by atomic mass is 10.1. The number of nitrogens with zero attached hydrogens (tertiary/aromatic N) is 3. The van der Waals surface area contributed by atoms with E-state index in [0.29, 0.717) is 28.7 Å². The first kappa shape index (κ1) is 19.9. The van der Waals surface area contributed by atoms with E-state index in [0.717, 1.165) is 29.5 Å². The number of ketones is 1. The Bertz CT molecular complexity index is 1110. The van der Waals surface area contributed by atoms with Crippen LogP contribution in [-0.4, -0.2) is 20.1 Å². The summed E-state index contributed by atoms with van der Waals surface area (Å²) in [6.45, 7) is 1.91. The van der Waals surface area contributed by atoms with Crippen molar-refractivity contribution in [3.63, 3.8) is 0 Å². The summed E-state index contributed by atoms with van der Waals surface area (Å²) in [7, 11) is 0. The average Bonchev–Trinajstić information content (AvgIpc) is 3.48. The van der Waals surface area contributed by atoms with Crippen LogP contribution in [-0.2, 0) is 17.8 Å². The van der Waals surface area contributed by atoms with Gasteiger partial charge in [0.2, 0.25) is 0 Å². The number of Topliss-reactive ketones (excluding diaryl/α,β-unsaturated/α-hetero) is 1. The first-order valence-corrected chi connectivity index (χ1v) is 10.4. The molecule has 3 aromatic rings. The van der Waals surface area contributed by atoms with Crippen molar-refractivity contribution in [1.82, 2.24) is 14.3 Å². The maximum absolute atomic E-state index is 12.9. The van der Waals surface area contributed by atoms with Gasteiger partial charge in [-0.3, -0.25) is 9.36 Å². The third-order valence-corrected chi connectivity index (χ3v) is 5.80. The molecule has 1 aliphatic carbocycles. The van der Waals surface area contributed by atoms with Gasteiger partial charge in [-0.1, -0.05) is 35.3 Å². The standard InChI is InChI=1S/C22H21Cl2N3O2/c1-14-2-3-15(12-20(14)24)4-11-19(28)13-26-22(29)27(18-9-10-18)21(25-26)16-5-7-17(23)8-6-16/h2-3,5-8,12,18H,4,9-11,13H2,1H3. The average molecular weight is 430 g/mol. The van der Waals surface area contributed by atoms with E-state index in [1.807, 2.05) is 37.3 Å². The zero-order valence-corrected chi connectivity index (χ0v) is 17.6. The predicted octanol–water partition coefficient (Wildman–Crippen LogP) is 4.86. The molecular weight excluding hydrogens is 409 g/mol. The first-order chi connectivity index (χ1) is 13.9. The van der Waals surface area contributed by atoms with Gasteiger partial charge in [0.05, 0.1) is 0 Å². The fourth-order valence-electron chi connectivity index (χ4n) is 3.30. The van der Waals surface area contributed by atoms with Gasteiger partial charge in [-0.25, -0.2) is 9.48 Å². The molecule has 0 aliphatic heterocycles. The number of benzene rings is 2. The second-order valence-corrected chi connectivity index (χ2v) is 8.34. The van der Waals surface area contributed by atoms with Gasteiger partial charge >= 0.3 is 5.69 Å². The summed E-state index contributed by atoms with van der Waals surface area (Å²) in [6.07, 6.45) is 2.82. The van der Waals surface area contributed by atoms with Crippen LogP contribution in [0.1, 0.15) is 36.4 Å². The van der Waals surface area contributed by atoms with E-state index in [4.69, 9.17) is 23.2 Å². The predicted molar refractivity (Wildman–Crippen MR) is 115 cm³/mol. The lowest BCUT2D eigenvalue weighted by Crippen LogP contribution is -2.27. The zero-order valence-electron chi connectivity index (χ0n) is 16.1. The number of hydrogen-bond donors (Lipinski definition) is 0. The number of aromatic nitrogens is 3. The number of aryl methyl sites for hydroxylation is 2. The van der Waals surface area contributed by atoms with Crippen LogP contribution in [0.5, 0.6) is 0 Å². The smallest absolute Gasteiger partial charge is 0.298 e. The van der Waals surface area contributed by atoms with Gasteiger partial charge in [0, 0.05) is 28.1 Å². The van der Waals surface area contributed by atoms with Gasteiger partial charge in [0.1, 0.15) is 6.54 Å². The summed E-state index contributed by atoms with van der Waals surface area (Å²) in [6, 6.07) is 13.2. The first-order valence-electron chi connectivity index (χ1n) is 9.64. The minimum absolute atomic E-state index is 0.0290. The van der Waals surface area contributed by atoms with Crippen molar-refractivity contribution in [2.24, 2.45) is 0 Å². The molecule has 0 bridgehead atoms. The highest BCUT2D eigenvalue weighted by molar-refractivity contribution is 6.31. The lowest BCUT2D eigenvalue weighted by molar-refractivity contribution is -0.119. The van der Waals surface area contributed by atoms with E-state index in [1.165, 1.54) is 4.68 Å². The Balaban J connectivity index is 1.51. The maximum Gasteiger partial charge on any atom is 0.346 e. The third-order valence-electron chi connectivity index (χ3n) is 5.14. The van der Waals surface area contributed by atoms with Crippen LogP contribution < -0.4 is 5.69 Å². The van der Waals surface area contributed by atoms with E-state index in [9.17, 15) is 9.59 Å². The summed E-state index contributed by atoms with van der Waals surface area (Å²) < 4.78 is 2.99. The second kappa shape index (κ2) is 8.17. The molecular formula is C22H21Cl2N3O2. The van der Waals surface area contributed by atoms with Gasteiger partial charge in [-0.15, -0.1) is 5.10 Å². The second-order valence-electron chi connectivity index (χ2n) is 7.49. The summed E-state index contributed by atoms with van der Waals surface area (Å²) >= 11 is 12.1. The molecule has 0 spiro atoms. The fourth-order valence-corrected chi connectivity index (χ4v) is 3.63. The molecule has 5 nitrogen and oxygen atoms in total. The van der Waals surface area contributed by atoms with E-state index < -0.39 is 0 Å². The van der Waals surface area contributed by atoms with Crippen molar-refractivity contribution < 1.29 is 4.79 Å². The van der Waals surface area contributed by atoms with Crippen LogP contribution >= 0.6 is 23.2 Å². The van der Waals surface area contributed by atoms with Crippen molar-refractivity contribution in [3.05, 3.63) is 74.1 Å². The highest BCUT2D eigenvalue weighted by Gasteiger charge is 2.30. The molecule has 1 fully saturated rings. The largest absolute Gasteiger partial charge is 0.346 e. The molecule has 2 aromatic carbocycles. The van der Waals surface area contributed by atoms with Crippen molar-refractivity contribution in [1.29, 1.82) is 0 Å². The number of halogens is 2. The number of hydrogen-bond acceptors (Lipinski definition) is 3. The van der Waals surface area contributed by atoms with Gasteiger partial charge in [0.15, 0.2) is 11.6 Å². The third kappa shape index (κ3) is 4.46. The van der Waals surface area contributed by atoms with E-state index in [-0.39, 0.29) is 24.1 Å². The fraction of sp³-hybridized carbons (Fsp3) is 0.318. The number of carbonyl (C=O) groups excluding carboxylic acids is 1. The highest BCUT2D eigenvalue weighted by atomic mass is 35.5. The van der Waals surface area contributed by atoms with Gasteiger partial charge in [-0.2, -0.15) is 0 Å². The molecule has 0 amide bonds. The molecule has 7 heteroatoms. The molecule has 29 heavy (non-hydrogen) atoms. The Hall–Kier alpha value is -2.37. The van der Waals surface area contributed by atoms with Crippen molar-refractivity contribution in [2.75, 3.05) is 0 Å². The molecule has 0 atom stereocenters. The highest BCUT2D eigenvalue weighted by Crippen LogP contribution is 2.36. The molecule has 0 radical (unpaired) electrons. The molecule has 1 heterocycles.